The number of aromatic amines is 2. The number of aromatic nitrogens is 3. The molecule has 0 aliphatic carbocycles. The van der Waals surface area contributed by atoms with Crippen LogP contribution in [0.5, 0.6) is 0 Å². The van der Waals surface area contributed by atoms with Crippen molar-refractivity contribution in [2.45, 2.75) is 0 Å². The molecule has 2 heterocycles. The standard InChI is InChI=1S/C9H15N5O2/c10-7-5-6-8(12-7)13-9(11-6)14(1-3-15)2-4-16/h5,12,15-16H,1-4,10H2,(H,11,13). The predicted octanol–water partition coefficient (Wildman–Crippen LogP) is -0.736. The van der Waals surface area contributed by atoms with Crippen LogP contribution >= 0.6 is 0 Å². The lowest BCUT2D eigenvalue weighted by Gasteiger charge is -2.19. The number of fused-ring (bicyclic) bond motifs is 1. The molecule has 0 fully saturated rings. The summed E-state index contributed by atoms with van der Waals surface area (Å²) in [6.45, 7) is 0.867. The normalized spacial score (nSPS) is 11.1. The monoisotopic (exact) mass is 225 g/mol. The van der Waals surface area contributed by atoms with Gasteiger partial charge in [-0.05, 0) is 0 Å². The third-order valence-electron chi connectivity index (χ3n) is 2.32. The molecule has 2 aromatic heterocycles. The third-order valence-corrected chi connectivity index (χ3v) is 2.32. The minimum absolute atomic E-state index is 0.0107. The average molecular weight is 225 g/mol. The Hall–Kier alpha value is -1.73. The second kappa shape index (κ2) is 4.42. The van der Waals surface area contributed by atoms with Crippen LogP contribution in [0.2, 0.25) is 0 Å². The van der Waals surface area contributed by atoms with Crippen molar-refractivity contribution in [1.29, 1.82) is 0 Å². The summed E-state index contributed by atoms with van der Waals surface area (Å²) < 4.78 is 0. The van der Waals surface area contributed by atoms with Gasteiger partial charge in [0.25, 0.3) is 0 Å². The van der Waals surface area contributed by atoms with E-state index in [4.69, 9.17) is 15.9 Å². The zero-order valence-corrected chi connectivity index (χ0v) is 8.77. The second-order valence-corrected chi connectivity index (χ2v) is 3.48. The molecule has 7 nitrogen and oxygen atoms in total. The summed E-state index contributed by atoms with van der Waals surface area (Å²) in [6.07, 6.45) is 0. The summed E-state index contributed by atoms with van der Waals surface area (Å²) in [5.41, 5.74) is 7.06. The van der Waals surface area contributed by atoms with Crippen molar-refractivity contribution >= 4 is 22.9 Å². The van der Waals surface area contributed by atoms with Crippen LogP contribution < -0.4 is 10.6 Å². The maximum atomic E-state index is 8.90. The van der Waals surface area contributed by atoms with Crippen molar-refractivity contribution in [1.82, 2.24) is 15.0 Å². The first-order valence-corrected chi connectivity index (χ1v) is 5.05. The lowest BCUT2D eigenvalue weighted by atomic mass is 10.5. The zero-order chi connectivity index (χ0) is 11.5. The van der Waals surface area contributed by atoms with E-state index < -0.39 is 0 Å². The number of aliphatic hydroxyl groups is 2. The molecule has 6 N–H and O–H groups in total. The first-order chi connectivity index (χ1) is 7.74. The molecule has 0 saturated heterocycles. The molecule has 7 heteroatoms. The Labute approximate surface area is 91.9 Å². The summed E-state index contributed by atoms with van der Waals surface area (Å²) in [5.74, 6) is 1.17. The fourth-order valence-corrected chi connectivity index (χ4v) is 1.62. The molecule has 0 spiro atoms. The quantitative estimate of drug-likeness (QED) is 0.460. The number of nitrogens with two attached hydrogens (primary N) is 1. The molecule has 16 heavy (non-hydrogen) atoms. The molecular formula is C9H15N5O2. The lowest BCUT2D eigenvalue weighted by Crippen LogP contribution is -2.30. The largest absolute Gasteiger partial charge is 0.395 e. The maximum Gasteiger partial charge on any atom is 0.205 e. The minimum Gasteiger partial charge on any atom is -0.395 e. The van der Waals surface area contributed by atoms with E-state index >= 15 is 0 Å². The number of nitrogens with one attached hydrogen (secondary N) is 2. The van der Waals surface area contributed by atoms with Gasteiger partial charge in [0.05, 0.1) is 18.7 Å². The van der Waals surface area contributed by atoms with Gasteiger partial charge in [0.2, 0.25) is 5.95 Å². The fourth-order valence-electron chi connectivity index (χ4n) is 1.62. The number of nitrogens with zero attached hydrogens (tertiary/aromatic N) is 2. The molecule has 0 aliphatic heterocycles. The number of hydrogen-bond donors (Lipinski definition) is 5. The SMILES string of the molecule is Nc1cc2[nH]c(N(CCO)CCO)nc2[nH]1. The fraction of sp³-hybridized carbons (Fsp3) is 0.444. The Morgan fingerprint density at radius 2 is 1.94 bits per heavy atom. The van der Waals surface area contributed by atoms with Crippen LogP contribution in [0.4, 0.5) is 11.8 Å². The molecule has 0 bridgehead atoms. The minimum atomic E-state index is 0.0107. The highest BCUT2D eigenvalue weighted by Crippen LogP contribution is 2.18. The molecule has 0 aliphatic rings. The lowest BCUT2D eigenvalue weighted by molar-refractivity contribution is 0.280. The molecular weight excluding hydrogens is 210 g/mol. The Kier molecular flexibility index (Phi) is 2.97. The number of anilines is 2. The highest BCUT2D eigenvalue weighted by molar-refractivity contribution is 5.78. The third kappa shape index (κ3) is 1.95. The van der Waals surface area contributed by atoms with E-state index in [1.54, 1.807) is 11.0 Å². The van der Waals surface area contributed by atoms with Crippen LogP contribution in [0.1, 0.15) is 0 Å². The molecule has 2 rings (SSSR count). The van der Waals surface area contributed by atoms with Crippen molar-refractivity contribution in [2.24, 2.45) is 0 Å². The van der Waals surface area contributed by atoms with Crippen LogP contribution in [-0.2, 0) is 0 Å². The summed E-state index contributed by atoms with van der Waals surface area (Å²) in [6, 6.07) is 1.75. The zero-order valence-electron chi connectivity index (χ0n) is 8.77. The summed E-state index contributed by atoms with van der Waals surface area (Å²) in [4.78, 5) is 12.0. The molecule has 0 unspecified atom stereocenters. The van der Waals surface area contributed by atoms with Gasteiger partial charge in [-0.15, -0.1) is 0 Å². The number of nitrogen functional groups attached to an aromatic ring is 1. The highest BCUT2D eigenvalue weighted by Gasteiger charge is 2.11. The molecule has 88 valence electrons. The highest BCUT2D eigenvalue weighted by atomic mass is 16.3. The summed E-state index contributed by atoms with van der Waals surface area (Å²) >= 11 is 0. The van der Waals surface area contributed by atoms with Crippen LogP contribution in [0.25, 0.3) is 11.2 Å². The van der Waals surface area contributed by atoms with E-state index in [2.05, 4.69) is 15.0 Å². The number of hydrogen-bond acceptors (Lipinski definition) is 5. The van der Waals surface area contributed by atoms with E-state index in [-0.39, 0.29) is 13.2 Å². The van der Waals surface area contributed by atoms with Gasteiger partial charge in [-0.2, -0.15) is 4.98 Å². The van der Waals surface area contributed by atoms with Gasteiger partial charge in [-0.1, -0.05) is 0 Å². The van der Waals surface area contributed by atoms with Gasteiger partial charge >= 0.3 is 0 Å². The Morgan fingerprint density at radius 3 is 2.50 bits per heavy atom. The van der Waals surface area contributed by atoms with Crippen molar-refractivity contribution < 1.29 is 10.2 Å². The molecule has 0 radical (unpaired) electrons. The van der Waals surface area contributed by atoms with Crippen molar-refractivity contribution in [3.05, 3.63) is 6.07 Å². The summed E-state index contributed by atoms with van der Waals surface area (Å²) in [5, 5.41) is 17.8. The van der Waals surface area contributed by atoms with Gasteiger partial charge in [0.1, 0.15) is 5.82 Å². The van der Waals surface area contributed by atoms with E-state index in [1.165, 1.54) is 0 Å². The van der Waals surface area contributed by atoms with Crippen molar-refractivity contribution in [3.63, 3.8) is 0 Å². The first kappa shape index (κ1) is 10.8. The van der Waals surface area contributed by atoms with Crippen LogP contribution in [-0.4, -0.2) is 51.5 Å². The van der Waals surface area contributed by atoms with Crippen molar-refractivity contribution in [2.75, 3.05) is 36.9 Å². The average Bonchev–Trinajstić information content (AvgIpc) is 2.74. The maximum absolute atomic E-state index is 8.90. The van der Waals surface area contributed by atoms with E-state index in [0.717, 1.165) is 5.52 Å². The molecule has 0 amide bonds. The molecule has 2 aromatic rings. The first-order valence-electron chi connectivity index (χ1n) is 5.05. The van der Waals surface area contributed by atoms with Crippen molar-refractivity contribution in [3.8, 4) is 0 Å². The Balaban J connectivity index is 2.25. The number of rotatable bonds is 5. The number of H-pyrrole nitrogens is 2. The number of imidazole rings is 1. The predicted molar refractivity (Wildman–Crippen MR) is 61.2 cm³/mol. The molecule has 0 atom stereocenters. The van der Waals surface area contributed by atoms with Gasteiger partial charge in [-0.25, -0.2) is 0 Å². The van der Waals surface area contributed by atoms with Crippen LogP contribution in [0, 0.1) is 0 Å². The van der Waals surface area contributed by atoms with E-state index in [0.29, 0.717) is 30.5 Å². The Morgan fingerprint density at radius 1 is 1.25 bits per heavy atom. The topological polar surface area (TPSA) is 114 Å². The Bertz CT molecular complexity index is 426. The van der Waals surface area contributed by atoms with Gasteiger partial charge in [-0.3, -0.25) is 0 Å². The summed E-state index contributed by atoms with van der Waals surface area (Å²) in [7, 11) is 0. The molecule has 0 aromatic carbocycles. The smallest absolute Gasteiger partial charge is 0.205 e. The van der Waals surface area contributed by atoms with E-state index in [1.807, 2.05) is 0 Å². The van der Waals surface area contributed by atoms with Gasteiger partial charge in [0, 0.05) is 19.2 Å². The van der Waals surface area contributed by atoms with Gasteiger partial charge in [0.15, 0.2) is 5.65 Å². The van der Waals surface area contributed by atoms with Crippen LogP contribution in [0.3, 0.4) is 0 Å². The van der Waals surface area contributed by atoms with Crippen LogP contribution in [0.15, 0.2) is 6.07 Å². The van der Waals surface area contributed by atoms with Gasteiger partial charge < -0.3 is 30.8 Å². The van der Waals surface area contributed by atoms with E-state index in [9.17, 15) is 0 Å². The number of aliphatic hydroxyl groups excluding tert-OH is 2. The molecule has 0 saturated carbocycles. The second-order valence-electron chi connectivity index (χ2n) is 3.48.